The van der Waals surface area contributed by atoms with E-state index in [2.05, 4.69) is 61.7 Å². The van der Waals surface area contributed by atoms with Gasteiger partial charge in [-0.3, -0.25) is 0 Å². The van der Waals surface area contributed by atoms with Crippen LogP contribution in [0.3, 0.4) is 0 Å². The Bertz CT molecular complexity index is 385. The molecule has 1 heteroatoms. The van der Waals surface area contributed by atoms with E-state index in [4.69, 9.17) is 0 Å². The largest absolute Gasteiger partial charge is 0.0846 e. The van der Waals surface area contributed by atoms with Crippen molar-refractivity contribution >= 4 is 13.3 Å². The van der Waals surface area contributed by atoms with Crippen molar-refractivity contribution in [2.45, 2.75) is 25.6 Å². The standard InChI is InChI=1S/C14H18Si/c1-15(2,12-13-8-6-7-9-13)14-10-4-3-5-11-14/h3-8,10-11H,9,12H2,1-2H3. The van der Waals surface area contributed by atoms with Crippen molar-refractivity contribution in [3.8, 4) is 0 Å². The lowest BCUT2D eigenvalue weighted by molar-refractivity contribution is 1.22. The van der Waals surface area contributed by atoms with Crippen molar-refractivity contribution in [2.24, 2.45) is 0 Å². The van der Waals surface area contributed by atoms with E-state index in [1.54, 1.807) is 10.8 Å². The minimum absolute atomic E-state index is 1.17. The Balaban J connectivity index is 2.13. The van der Waals surface area contributed by atoms with Gasteiger partial charge in [-0.1, -0.05) is 72.4 Å². The highest BCUT2D eigenvalue weighted by atomic mass is 28.3. The summed E-state index contributed by atoms with van der Waals surface area (Å²) >= 11 is 0. The van der Waals surface area contributed by atoms with Crippen LogP contribution in [0, 0.1) is 0 Å². The lowest BCUT2D eigenvalue weighted by Crippen LogP contribution is -2.41. The van der Waals surface area contributed by atoms with Gasteiger partial charge in [-0.2, -0.15) is 0 Å². The zero-order chi connectivity index (χ0) is 10.7. The molecule has 0 amide bonds. The molecule has 0 unspecified atom stereocenters. The topological polar surface area (TPSA) is 0 Å². The van der Waals surface area contributed by atoms with Crippen LogP contribution in [-0.2, 0) is 0 Å². The molecule has 1 aliphatic rings. The summed E-state index contributed by atoms with van der Waals surface area (Å²) in [5.74, 6) is 0. The number of hydrogen-bond donors (Lipinski definition) is 0. The second-order valence-electron chi connectivity index (χ2n) is 4.88. The zero-order valence-corrected chi connectivity index (χ0v) is 10.5. The summed E-state index contributed by atoms with van der Waals surface area (Å²) in [6.45, 7) is 4.92. The van der Waals surface area contributed by atoms with Gasteiger partial charge in [0.05, 0.1) is 8.07 Å². The molecule has 0 saturated heterocycles. The summed E-state index contributed by atoms with van der Waals surface area (Å²) in [6, 6.07) is 12.3. The molecular weight excluding hydrogens is 196 g/mol. The Morgan fingerprint density at radius 3 is 2.47 bits per heavy atom. The van der Waals surface area contributed by atoms with Gasteiger partial charge in [0, 0.05) is 0 Å². The van der Waals surface area contributed by atoms with E-state index in [0.29, 0.717) is 0 Å². The van der Waals surface area contributed by atoms with Crippen LogP contribution in [0.1, 0.15) is 6.42 Å². The molecule has 78 valence electrons. The van der Waals surface area contributed by atoms with Gasteiger partial charge in [-0.25, -0.2) is 0 Å². The van der Waals surface area contributed by atoms with Gasteiger partial charge in [0.2, 0.25) is 0 Å². The first kappa shape index (κ1) is 10.4. The van der Waals surface area contributed by atoms with Crippen LogP contribution in [0.25, 0.3) is 0 Å². The van der Waals surface area contributed by atoms with E-state index in [1.165, 1.54) is 12.5 Å². The molecule has 15 heavy (non-hydrogen) atoms. The minimum atomic E-state index is -1.25. The first-order chi connectivity index (χ1) is 7.18. The molecule has 0 radical (unpaired) electrons. The number of rotatable bonds is 3. The fraction of sp³-hybridized carbons (Fsp3) is 0.286. The van der Waals surface area contributed by atoms with Gasteiger partial charge >= 0.3 is 0 Å². The molecule has 0 spiro atoms. The number of allylic oxidation sites excluding steroid dienone is 4. The number of benzene rings is 1. The van der Waals surface area contributed by atoms with Gasteiger partial charge in [0.15, 0.2) is 0 Å². The van der Waals surface area contributed by atoms with Crippen molar-refractivity contribution in [3.05, 3.63) is 54.1 Å². The van der Waals surface area contributed by atoms with Crippen LogP contribution in [0.2, 0.25) is 19.1 Å². The van der Waals surface area contributed by atoms with Crippen LogP contribution in [-0.4, -0.2) is 8.07 Å². The Hall–Kier alpha value is -1.08. The van der Waals surface area contributed by atoms with Gasteiger partial charge < -0.3 is 0 Å². The summed E-state index contributed by atoms with van der Waals surface area (Å²) in [7, 11) is -1.25. The monoisotopic (exact) mass is 214 g/mol. The summed E-state index contributed by atoms with van der Waals surface area (Å²) in [5, 5.41) is 1.57. The van der Waals surface area contributed by atoms with E-state index >= 15 is 0 Å². The molecule has 0 aromatic heterocycles. The SMILES string of the molecule is C[Si](C)(CC1=CC=CC1)c1ccccc1. The fourth-order valence-electron chi connectivity index (χ4n) is 2.18. The van der Waals surface area contributed by atoms with Crippen LogP contribution in [0.4, 0.5) is 0 Å². The molecule has 0 aliphatic heterocycles. The van der Waals surface area contributed by atoms with Gasteiger partial charge in [-0.15, -0.1) is 0 Å². The Morgan fingerprint density at radius 1 is 1.13 bits per heavy atom. The maximum atomic E-state index is 2.46. The molecule has 0 nitrogen and oxygen atoms in total. The van der Waals surface area contributed by atoms with Crippen molar-refractivity contribution in [1.29, 1.82) is 0 Å². The fourth-order valence-corrected chi connectivity index (χ4v) is 4.88. The van der Waals surface area contributed by atoms with Gasteiger partial charge in [0.25, 0.3) is 0 Å². The molecule has 0 fully saturated rings. The van der Waals surface area contributed by atoms with Crippen molar-refractivity contribution < 1.29 is 0 Å². The van der Waals surface area contributed by atoms with Crippen LogP contribution < -0.4 is 5.19 Å². The van der Waals surface area contributed by atoms with E-state index in [1.807, 2.05) is 0 Å². The normalized spacial score (nSPS) is 15.5. The lowest BCUT2D eigenvalue weighted by atomic mass is 10.3. The minimum Gasteiger partial charge on any atom is -0.0805 e. The average Bonchev–Trinajstić information content (AvgIpc) is 2.71. The zero-order valence-electron chi connectivity index (χ0n) is 9.53. The van der Waals surface area contributed by atoms with Gasteiger partial charge in [0.1, 0.15) is 0 Å². The Morgan fingerprint density at radius 2 is 1.87 bits per heavy atom. The Kier molecular flexibility index (Phi) is 2.92. The van der Waals surface area contributed by atoms with Crippen LogP contribution in [0.5, 0.6) is 0 Å². The summed E-state index contributed by atoms with van der Waals surface area (Å²) in [6.07, 6.45) is 7.90. The van der Waals surface area contributed by atoms with Crippen molar-refractivity contribution in [2.75, 3.05) is 0 Å². The molecule has 1 aromatic carbocycles. The molecule has 0 bridgehead atoms. The molecule has 2 rings (SSSR count). The smallest absolute Gasteiger partial charge is 0.0805 e. The maximum Gasteiger partial charge on any atom is 0.0846 e. The third kappa shape index (κ3) is 2.48. The third-order valence-electron chi connectivity index (χ3n) is 3.07. The van der Waals surface area contributed by atoms with Crippen LogP contribution in [0.15, 0.2) is 54.1 Å². The highest BCUT2D eigenvalue weighted by Crippen LogP contribution is 2.22. The second-order valence-corrected chi connectivity index (χ2v) is 9.58. The van der Waals surface area contributed by atoms with Gasteiger partial charge in [-0.05, 0) is 12.5 Å². The molecule has 1 aliphatic carbocycles. The molecule has 1 aromatic rings. The van der Waals surface area contributed by atoms with Crippen LogP contribution >= 0.6 is 0 Å². The molecule has 0 atom stereocenters. The second kappa shape index (κ2) is 4.19. The quantitative estimate of drug-likeness (QED) is 0.676. The summed E-state index contributed by atoms with van der Waals surface area (Å²) < 4.78 is 0. The summed E-state index contributed by atoms with van der Waals surface area (Å²) in [4.78, 5) is 0. The van der Waals surface area contributed by atoms with E-state index < -0.39 is 8.07 Å². The average molecular weight is 214 g/mol. The summed E-state index contributed by atoms with van der Waals surface area (Å²) in [5.41, 5.74) is 1.61. The lowest BCUT2D eigenvalue weighted by Gasteiger charge is -2.23. The Labute approximate surface area is 93.3 Å². The van der Waals surface area contributed by atoms with E-state index in [9.17, 15) is 0 Å². The van der Waals surface area contributed by atoms with Crippen molar-refractivity contribution in [1.82, 2.24) is 0 Å². The van der Waals surface area contributed by atoms with E-state index in [0.717, 1.165) is 0 Å². The predicted molar refractivity (Wildman–Crippen MR) is 70.2 cm³/mol. The third-order valence-corrected chi connectivity index (χ3v) is 6.31. The number of hydrogen-bond acceptors (Lipinski definition) is 0. The molecule has 0 N–H and O–H groups in total. The predicted octanol–water partition coefficient (Wildman–Crippen LogP) is 3.49. The molecular formula is C14H18Si. The maximum absolute atomic E-state index is 2.46. The first-order valence-corrected chi connectivity index (χ1v) is 8.79. The molecule has 0 saturated carbocycles. The first-order valence-electron chi connectivity index (χ1n) is 5.58. The molecule has 0 heterocycles. The van der Waals surface area contributed by atoms with Crippen molar-refractivity contribution in [3.63, 3.8) is 0 Å². The highest BCUT2D eigenvalue weighted by molar-refractivity contribution is 6.90. The highest BCUT2D eigenvalue weighted by Gasteiger charge is 2.24. The van der Waals surface area contributed by atoms with E-state index in [-0.39, 0.29) is 0 Å².